The largest absolute Gasteiger partial charge is 0.385 e. The van der Waals surface area contributed by atoms with Gasteiger partial charge in [-0.1, -0.05) is 22.8 Å². The number of halogens is 1. The van der Waals surface area contributed by atoms with Crippen LogP contribution in [-0.2, 0) is 12.1 Å². The number of pyridine rings is 2. The lowest BCUT2D eigenvalue weighted by Crippen LogP contribution is -2.42. The highest BCUT2D eigenvalue weighted by Gasteiger charge is 2.34. The van der Waals surface area contributed by atoms with E-state index in [0.29, 0.717) is 41.8 Å². The average molecular weight is 372 g/mol. The first-order valence-corrected chi connectivity index (χ1v) is 8.80. The lowest BCUT2D eigenvalue weighted by molar-refractivity contribution is -0.0297. The third-order valence-corrected chi connectivity index (χ3v) is 5.01. The number of aromatic nitrogens is 4. The van der Waals surface area contributed by atoms with Crippen molar-refractivity contribution in [1.82, 2.24) is 25.0 Å². The zero-order valence-corrected chi connectivity index (χ0v) is 14.8. The predicted octanol–water partition coefficient (Wildman–Crippen LogP) is 2.66. The molecule has 0 atom stereocenters. The maximum atomic E-state index is 10.9. The van der Waals surface area contributed by atoms with Crippen LogP contribution >= 0.6 is 11.6 Å². The van der Waals surface area contributed by atoms with Crippen molar-refractivity contribution in [3.05, 3.63) is 59.5 Å². The summed E-state index contributed by atoms with van der Waals surface area (Å²) in [7, 11) is 0. The number of piperidine rings is 1. The molecule has 1 N–H and O–H groups in total. The Morgan fingerprint density at radius 2 is 2.00 bits per heavy atom. The Morgan fingerprint density at radius 3 is 2.73 bits per heavy atom. The van der Waals surface area contributed by atoms with Crippen LogP contribution in [0.4, 0.5) is 0 Å². The Balaban J connectivity index is 1.40. The number of likely N-dealkylation sites (tertiary alicyclic amines) is 1. The van der Waals surface area contributed by atoms with Crippen molar-refractivity contribution in [1.29, 1.82) is 0 Å². The molecule has 0 bridgehead atoms. The molecular weight excluding hydrogens is 354 g/mol. The molecule has 1 saturated heterocycles. The van der Waals surface area contributed by atoms with Gasteiger partial charge in [0, 0.05) is 37.2 Å². The van der Waals surface area contributed by atoms with E-state index >= 15 is 0 Å². The third kappa shape index (κ3) is 3.46. The van der Waals surface area contributed by atoms with Gasteiger partial charge in [-0.25, -0.2) is 4.98 Å². The highest BCUT2D eigenvalue weighted by Crippen LogP contribution is 2.32. The summed E-state index contributed by atoms with van der Waals surface area (Å²) < 4.78 is 5.35. The second-order valence-electron chi connectivity index (χ2n) is 6.40. The van der Waals surface area contributed by atoms with Crippen LogP contribution in [0.5, 0.6) is 0 Å². The van der Waals surface area contributed by atoms with Gasteiger partial charge in [-0.15, -0.1) is 0 Å². The van der Waals surface area contributed by atoms with Gasteiger partial charge in [-0.3, -0.25) is 9.88 Å². The van der Waals surface area contributed by atoms with E-state index in [1.807, 2.05) is 12.1 Å². The molecule has 26 heavy (non-hydrogen) atoms. The summed E-state index contributed by atoms with van der Waals surface area (Å²) in [5, 5.41) is 15.2. The summed E-state index contributed by atoms with van der Waals surface area (Å²) >= 11 is 6.07. The molecule has 1 fully saturated rings. The highest BCUT2D eigenvalue weighted by atomic mass is 35.5. The topological polar surface area (TPSA) is 88.2 Å². The van der Waals surface area contributed by atoms with Crippen LogP contribution in [0.3, 0.4) is 0 Å². The lowest BCUT2D eigenvalue weighted by atomic mass is 9.85. The Hall–Kier alpha value is -2.35. The van der Waals surface area contributed by atoms with E-state index in [-0.39, 0.29) is 0 Å². The molecule has 3 aromatic heterocycles. The molecule has 1 aliphatic heterocycles. The van der Waals surface area contributed by atoms with Gasteiger partial charge in [0.2, 0.25) is 11.7 Å². The number of hydrogen-bond acceptors (Lipinski definition) is 7. The SMILES string of the molecule is OC1(c2cccnc2)CCN(Cc2nc(-c3cccnc3Cl)no2)CC1. The van der Waals surface area contributed by atoms with Gasteiger partial charge in [-0.2, -0.15) is 4.98 Å². The predicted molar refractivity (Wildman–Crippen MR) is 95.2 cm³/mol. The summed E-state index contributed by atoms with van der Waals surface area (Å²) in [5.74, 6) is 0.953. The van der Waals surface area contributed by atoms with Crippen molar-refractivity contribution >= 4 is 11.6 Å². The Labute approximate surface area is 155 Å². The smallest absolute Gasteiger partial charge is 0.241 e. The van der Waals surface area contributed by atoms with Gasteiger partial charge >= 0.3 is 0 Å². The van der Waals surface area contributed by atoms with Crippen LogP contribution in [0.15, 0.2) is 47.4 Å². The summed E-state index contributed by atoms with van der Waals surface area (Å²) in [6, 6.07) is 7.35. The van der Waals surface area contributed by atoms with Crippen LogP contribution in [-0.4, -0.2) is 43.2 Å². The molecule has 0 spiro atoms. The molecule has 0 aliphatic carbocycles. The fourth-order valence-corrected chi connectivity index (χ4v) is 3.38. The number of rotatable bonds is 4. The van der Waals surface area contributed by atoms with Gasteiger partial charge in [0.05, 0.1) is 17.7 Å². The fourth-order valence-electron chi connectivity index (χ4n) is 3.18. The Morgan fingerprint density at radius 1 is 1.19 bits per heavy atom. The number of aliphatic hydroxyl groups is 1. The van der Waals surface area contributed by atoms with Crippen LogP contribution in [0.25, 0.3) is 11.4 Å². The summed E-state index contributed by atoms with van der Waals surface area (Å²) in [6.45, 7) is 2.00. The van der Waals surface area contributed by atoms with Crippen LogP contribution in [0, 0.1) is 0 Å². The average Bonchev–Trinajstić information content (AvgIpc) is 3.13. The number of hydrogen-bond donors (Lipinski definition) is 1. The van der Waals surface area contributed by atoms with Crippen molar-refractivity contribution in [3.63, 3.8) is 0 Å². The van der Waals surface area contributed by atoms with E-state index < -0.39 is 5.60 Å². The van der Waals surface area contributed by atoms with E-state index in [0.717, 1.165) is 18.7 Å². The maximum Gasteiger partial charge on any atom is 0.241 e. The normalized spacial score (nSPS) is 17.3. The molecule has 1 aliphatic rings. The quantitative estimate of drug-likeness (QED) is 0.705. The Bertz CT molecular complexity index is 878. The molecule has 0 saturated carbocycles. The standard InChI is InChI=1S/C18H18ClN5O2/c19-16-14(4-2-8-21-16)17-22-15(26-23-17)12-24-9-5-18(25,6-10-24)13-3-1-7-20-11-13/h1-4,7-8,11,25H,5-6,9-10,12H2. The van der Waals surface area contributed by atoms with Crippen molar-refractivity contribution in [2.75, 3.05) is 13.1 Å². The van der Waals surface area contributed by atoms with Crippen molar-refractivity contribution in [2.45, 2.75) is 25.0 Å². The van der Waals surface area contributed by atoms with E-state index in [1.165, 1.54) is 0 Å². The van der Waals surface area contributed by atoms with E-state index in [9.17, 15) is 5.11 Å². The van der Waals surface area contributed by atoms with Crippen molar-refractivity contribution < 1.29 is 9.63 Å². The minimum atomic E-state index is -0.825. The second-order valence-corrected chi connectivity index (χ2v) is 6.76. The van der Waals surface area contributed by atoms with Gasteiger partial charge in [0.1, 0.15) is 5.15 Å². The van der Waals surface area contributed by atoms with Crippen LogP contribution < -0.4 is 0 Å². The molecule has 0 unspecified atom stereocenters. The van der Waals surface area contributed by atoms with Gasteiger partial charge in [0.15, 0.2) is 0 Å². The first-order valence-electron chi connectivity index (χ1n) is 8.43. The minimum Gasteiger partial charge on any atom is -0.385 e. The first-order chi connectivity index (χ1) is 12.6. The molecule has 0 amide bonds. The van der Waals surface area contributed by atoms with E-state index in [1.54, 1.807) is 30.7 Å². The molecule has 0 aromatic carbocycles. The fraction of sp³-hybridized carbons (Fsp3) is 0.333. The molecule has 4 rings (SSSR count). The first kappa shape index (κ1) is 17.1. The summed E-state index contributed by atoms with van der Waals surface area (Å²) in [6.07, 6.45) is 6.33. The summed E-state index contributed by atoms with van der Waals surface area (Å²) in [5.41, 5.74) is 0.688. The molecule has 0 radical (unpaired) electrons. The molecule has 4 heterocycles. The maximum absolute atomic E-state index is 10.9. The van der Waals surface area contributed by atoms with Crippen molar-refractivity contribution in [2.24, 2.45) is 0 Å². The van der Waals surface area contributed by atoms with E-state index in [4.69, 9.17) is 16.1 Å². The molecule has 7 nitrogen and oxygen atoms in total. The van der Waals surface area contributed by atoms with Gasteiger partial charge < -0.3 is 9.63 Å². The van der Waals surface area contributed by atoms with Crippen molar-refractivity contribution in [3.8, 4) is 11.4 Å². The van der Waals surface area contributed by atoms with E-state index in [2.05, 4.69) is 25.0 Å². The zero-order chi connectivity index (χ0) is 18.0. The van der Waals surface area contributed by atoms with Crippen LogP contribution in [0.2, 0.25) is 5.15 Å². The zero-order valence-electron chi connectivity index (χ0n) is 14.0. The Kier molecular flexibility index (Phi) is 4.67. The summed E-state index contributed by atoms with van der Waals surface area (Å²) in [4.78, 5) is 14.7. The monoisotopic (exact) mass is 371 g/mol. The van der Waals surface area contributed by atoms with Crippen LogP contribution in [0.1, 0.15) is 24.3 Å². The van der Waals surface area contributed by atoms with Gasteiger partial charge in [-0.05, 0) is 31.0 Å². The molecule has 3 aromatic rings. The molecular formula is C18H18ClN5O2. The lowest BCUT2D eigenvalue weighted by Gasteiger charge is -2.37. The third-order valence-electron chi connectivity index (χ3n) is 4.71. The molecule has 134 valence electrons. The minimum absolute atomic E-state index is 0.347. The highest BCUT2D eigenvalue weighted by molar-refractivity contribution is 6.31. The van der Waals surface area contributed by atoms with Gasteiger partial charge in [0.25, 0.3) is 0 Å². The molecule has 8 heteroatoms. The second kappa shape index (κ2) is 7.11. The number of nitrogens with zero attached hydrogens (tertiary/aromatic N) is 5.